The number of hydrogen-bond donors (Lipinski definition) is 1. The average molecular weight is 352 g/mol. The summed E-state index contributed by atoms with van der Waals surface area (Å²) in [5.41, 5.74) is 8.07. The molecule has 126 valence electrons. The highest BCUT2D eigenvalue weighted by Crippen LogP contribution is 2.42. The number of nitrogens with two attached hydrogens (primary N) is 1. The van der Waals surface area contributed by atoms with Crippen LogP contribution >= 0.6 is 11.8 Å². The third-order valence-electron chi connectivity index (χ3n) is 4.17. The molecule has 3 aromatic rings. The van der Waals surface area contributed by atoms with Crippen molar-refractivity contribution in [1.29, 1.82) is 0 Å². The summed E-state index contributed by atoms with van der Waals surface area (Å²) in [4.78, 5) is 12.9. The standard InChI is InChI=1S/C18H16N4O2S/c1-24-13-9-7-11(8-10-13)15-14(19)17(23)22-16(20-21-18(22)25-15)12-5-3-2-4-6-12/h2-10,14-15H,19H2,1H3/t14-,15+/m0/s1. The highest BCUT2D eigenvalue weighted by Gasteiger charge is 2.38. The van der Waals surface area contributed by atoms with Crippen LogP contribution in [0.2, 0.25) is 0 Å². The summed E-state index contributed by atoms with van der Waals surface area (Å²) in [6.45, 7) is 0. The zero-order chi connectivity index (χ0) is 17.4. The molecule has 1 aromatic heterocycles. The Kier molecular flexibility index (Phi) is 4.03. The van der Waals surface area contributed by atoms with Crippen molar-refractivity contribution in [3.05, 3.63) is 60.2 Å². The van der Waals surface area contributed by atoms with E-state index < -0.39 is 6.04 Å². The second-order valence-corrected chi connectivity index (χ2v) is 6.79. The largest absolute Gasteiger partial charge is 0.497 e. The van der Waals surface area contributed by atoms with Crippen molar-refractivity contribution in [2.24, 2.45) is 5.73 Å². The van der Waals surface area contributed by atoms with Crippen LogP contribution in [-0.2, 0) is 0 Å². The number of carbonyl (C=O) groups is 1. The van der Waals surface area contributed by atoms with E-state index in [1.54, 1.807) is 7.11 Å². The molecule has 6 nitrogen and oxygen atoms in total. The Hall–Kier alpha value is -2.64. The Labute approximate surface area is 149 Å². The number of benzene rings is 2. The van der Waals surface area contributed by atoms with Crippen LogP contribution in [0.3, 0.4) is 0 Å². The van der Waals surface area contributed by atoms with Crippen molar-refractivity contribution in [3.63, 3.8) is 0 Å². The zero-order valence-corrected chi connectivity index (χ0v) is 14.3. The zero-order valence-electron chi connectivity index (χ0n) is 13.5. The fourth-order valence-electron chi connectivity index (χ4n) is 2.85. The monoisotopic (exact) mass is 352 g/mol. The molecular weight excluding hydrogens is 336 g/mol. The van der Waals surface area contributed by atoms with Crippen molar-refractivity contribution < 1.29 is 9.53 Å². The lowest BCUT2D eigenvalue weighted by Gasteiger charge is -2.28. The van der Waals surface area contributed by atoms with Crippen LogP contribution in [0.5, 0.6) is 5.75 Å². The van der Waals surface area contributed by atoms with Crippen molar-refractivity contribution in [2.75, 3.05) is 7.11 Å². The van der Waals surface area contributed by atoms with Gasteiger partial charge in [0.2, 0.25) is 0 Å². The molecule has 2 atom stereocenters. The lowest BCUT2D eigenvalue weighted by Crippen LogP contribution is -2.42. The number of ether oxygens (including phenoxy) is 1. The van der Waals surface area contributed by atoms with E-state index in [-0.39, 0.29) is 11.2 Å². The third-order valence-corrected chi connectivity index (χ3v) is 5.47. The number of aromatic nitrogens is 3. The molecule has 0 aliphatic carbocycles. The molecule has 2 aromatic carbocycles. The van der Waals surface area contributed by atoms with E-state index >= 15 is 0 Å². The molecule has 0 radical (unpaired) electrons. The summed E-state index contributed by atoms with van der Waals surface area (Å²) in [5.74, 6) is 1.09. The maximum Gasteiger partial charge on any atom is 0.252 e. The first-order chi connectivity index (χ1) is 12.2. The number of nitrogens with zero attached hydrogens (tertiary/aromatic N) is 3. The van der Waals surface area contributed by atoms with E-state index in [0.717, 1.165) is 16.9 Å². The van der Waals surface area contributed by atoms with Crippen molar-refractivity contribution >= 4 is 17.7 Å². The van der Waals surface area contributed by atoms with Crippen LogP contribution in [0.4, 0.5) is 0 Å². The number of methoxy groups -OCH3 is 1. The van der Waals surface area contributed by atoms with Gasteiger partial charge in [-0.2, -0.15) is 0 Å². The Morgan fingerprint density at radius 2 is 1.80 bits per heavy atom. The number of thioether (sulfide) groups is 1. The molecule has 1 aliphatic rings. The Balaban J connectivity index is 1.72. The van der Waals surface area contributed by atoms with Crippen LogP contribution in [-0.4, -0.2) is 33.8 Å². The van der Waals surface area contributed by atoms with Gasteiger partial charge in [0.1, 0.15) is 11.8 Å². The molecule has 25 heavy (non-hydrogen) atoms. The Morgan fingerprint density at radius 3 is 2.48 bits per heavy atom. The first-order valence-electron chi connectivity index (χ1n) is 7.80. The molecule has 0 spiro atoms. The molecule has 0 saturated heterocycles. The maximum atomic E-state index is 12.9. The summed E-state index contributed by atoms with van der Waals surface area (Å²) in [6, 6.07) is 16.4. The highest BCUT2D eigenvalue weighted by atomic mass is 32.2. The topological polar surface area (TPSA) is 83.0 Å². The second-order valence-electron chi connectivity index (χ2n) is 5.68. The fraction of sp³-hybridized carbons (Fsp3) is 0.167. The van der Waals surface area contributed by atoms with Gasteiger partial charge in [0.15, 0.2) is 11.0 Å². The van der Waals surface area contributed by atoms with Crippen molar-refractivity contribution in [3.8, 4) is 17.1 Å². The number of carbonyl (C=O) groups excluding carboxylic acids is 1. The maximum absolute atomic E-state index is 12.9. The van der Waals surface area contributed by atoms with E-state index in [0.29, 0.717) is 11.0 Å². The van der Waals surface area contributed by atoms with E-state index in [1.165, 1.54) is 16.3 Å². The van der Waals surface area contributed by atoms with Gasteiger partial charge in [0.05, 0.1) is 12.4 Å². The molecular formula is C18H16N4O2S. The van der Waals surface area contributed by atoms with Gasteiger partial charge >= 0.3 is 0 Å². The van der Waals surface area contributed by atoms with Gasteiger partial charge in [0.25, 0.3) is 5.91 Å². The number of rotatable bonds is 3. The summed E-state index contributed by atoms with van der Waals surface area (Å²) >= 11 is 1.45. The molecule has 4 rings (SSSR count). The summed E-state index contributed by atoms with van der Waals surface area (Å²) < 4.78 is 6.70. The van der Waals surface area contributed by atoms with Gasteiger partial charge in [0, 0.05) is 5.56 Å². The summed E-state index contributed by atoms with van der Waals surface area (Å²) in [7, 11) is 1.62. The molecule has 2 heterocycles. The minimum atomic E-state index is -0.677. The van der Waals surface area contributed by atoms with Gasteiger partial charge in [-0.1, -0.05) is 54.2 Å². The summed E-state index contributed by atoms with van der Waals surface area (Å²) in [5, 5.41) is 8.76. The molecule has 2 N–H and O–H groups in total. The van der Waals surface area contributed by atoms with Gasteiger partial charge in [-0.15, -0.1) is 10.2 Å². The molecule has 0 saturated carbocycles. The minimum absolute atomic E-state index is 0.196. The molecule has 0 amide bonds. The smallest absolute Gasteiger partial charge is 0.252 e. The van der Waals surface area contributed by atoms with Crippen LogP contribution < -0.4 is 10.5 Å². The lowest BCUT2D eigenvalue weighted by atomic mass is 10.0. The average Bonchev–Trinajstić information content (AvgIpc) is 3.09. The van der Waals surface area contributed by atoms with Gasteiger partial charge < -0.3 is 10.5 Å². The predicted molar refractivity (Wildman–Crippen MR) is 95.7 cm³/mol. The van der Waals surface area contributed by atoms with Gasteiger partial charge in [-0.25, -0.2) is 4.57 Å². The molecule has 0 fully saturated rings. The van der Waals surface area contributed by atoms with Crippen molar-refractivity contribution in [1.82, 2.24) is 14.8 Å². The second kappa shape index (κ2) is 6.34. The fourth-order valence-corrected chi connectivity index (χ4v) is 4.01. The van der Waals surface area contributed by atoms with Crippen LogP contribution in [0.25, 0.3) is 11.4 Å². The van der Waals surface area contributed by atoms with Crippen LogP contribution in [0, 0.1) is 0 Å². The van der Waals surface area contributed by atoms with E-state index in [1.807, 2.05) is 54.6 Å². The van der Waals surface area contributed by atoms with E-state index in [4.69, 9.17) is 10.5 Å². The third kappa shape index (κ3) is 2.71. The normalized spacial score (nSPS) is 19.5. The molecule has 1 aliphatic heterocycles. The van der Waals surface area contributed by atoms with Gasteiger partial charge in [-0.3, -0.25) is 4.79 Å². The van der Waals surface area contributed by atoms with Crippen molar-refractivity contribution in [2.45, 2.75) is 16.4 Å². The lowest BCUT2D eigenvalue weighted by molar-refractivity contribution is 0.0862. The first kappa shape index (κ1) is 15.9. The Morgan fingerprint density at radius 1 is 1.08 bits per heavy atom. The van der Waals surface area contributed by atoms with Gasteiger partial charge in [-0.05, 0) is 17.7 Å². The molecule has 7 heteroatoms. The summed E-state index contributed by atoms with van der Waals surface area (Å²) in [6.07, 6.45) is 0. The van der Waals surface area contributed by atoms with Crippen LogP contribution in [0.15, 0.2) is 59.8 Å². The number of fused-ring (bicyclic) bond motifs is 1. The molecule has 0 bridgehead atoms. The highest BCUT2D eigenvalue weighted by molar-refractivity contribution is 7.99. The predicted octanol–water partition coefficient (Wildman–Crippen LogP) is 2.77. The molecule has 0 unspecified atom stereocenters. The SMILES string of the molecule is COc1ccc([C@H]2Sc3nnc(-c4ccccc4)n3C(=O)[C@H]2N)cc1. The number of hydrogen-bond acceptors (Lipinski definition) is 6. The first-order valence-corrected chi connectivity index (χ1v) is 8.68. The van der Waals surface area contributed by atoms with E-state index in [9.17, 15) is 4.79 Å². The van der Waals surface area contributed by atoms with Crippen LogP contribution in [0.1, 0.15) is 15.6 Å². The quantitative estimate of drug-likeness (QED) is 0.780. The van der Waals surface area contributed by atoms with E-state index in [2.05, 4.69) is 10.2 Å². The minimum Gasteiger partial charge on any atom is -0.497 e. The Bertz CT molecular complexity index is 909.